The quantitative estimate of drug-likeness (QED) is 0.441. The predicted octanol–water partition coefficient (Wildman–Crippen LogP) is 2.32. The number of halogens is 3. The molecule has 0 amide bonds. The van der Waals surface area contributed by atoms with E-state index >= 15 is 0 Å². The summed E-state index contributed by atoms with van der Waals surface area (Å²) in [7, 11) is 0. The first-order valence-electron chi connectivity index (χ1n) is 4.19. The third-order valence-corrected chi connectivity index (χ3v) is 1.52. The van der Waals surface area contributed by atoms with E-state index in [1.54, 1.807) is 0 Å². The maximum atomic E-state index is 11.9. The van der Waals surface area contributed by atoms with Gasteiger partial charge in [0.1, 0.15) is 0 Å². The third-order valence-electron chi connectivity index (χ3n) is 1.52. The fraction of sp³-hybridized carbons (Fsp3) is 0.556. The van der Waals surface area contributed by atoms with Crippen molar-refractivity contribution in [2.24, 2.45) is 5.92 Å². The number of esters is 1. The molecule has 15 heavy (non-hydrogen) atoms. The molecule has 1 unspecified atom stereocenters. The van der Waals surface area contributed by atoms with Crippen molar-refractivity contribution in [3.05, 3.63) is 12.2 Å². The number of hydrogen-bond acceptors (Lipinski definition) is 3. The van der Waals surface area contributed by atoms with E-state index in [0.29, 0.717) is 6.21 Å². The van der Waals surface area contributed by atoms with Crippen molar-refractivity contribution in [1.82, 2.24) is 0 Å². The molecule has 0 fully saturated rings. The second kappa shape index (κ2) is 5.53. The maximum absolute atomic E-state index is 11.9. The molecule has 0 aliphatic rings. The molecule has 0 aromatic carbocycles. The molecular formula is C9H12F3NO2. The first-order valence-corrected chi connectivity index (χ1v) is 4.19. The van der Waals surface area contributed by atoms with Gasteiger partial charge in [0.2, 0.25) is 0 Å². The first-order chi connectivity index (χ1) is 6.76. The summed E-state index contributed by atoms with van der Waals surface area (Å²) in [6, 6.07) is 0. The van der Waals surface area contributed by atoms with Crippen molar-refractivity contribution in [3.8, 4) is 0 Å². The largest absolute Gasteiger partial charge is 0.462 e. The molecule has 3 nitrogen and oxygen atoms in total. The Bertz CT molecular complexity index is 261. The van der Waals surface area contributed by atoms with Crippen molar-refractivity contribution in [2.75, 3.05) is 6.61 Å². The molecule has 0 rings (SSSR count). The fourth-order valence-electron chi connectivity index (χ4n) is 0.824. The zero-order valence-corrected chi connectivity index (χ0v) is 8.23. The Morgan fingerprint density at radius 3 is 2.53 bits per heavy atom. The van der Waals surface area contributed by atoms with Gasteiger partial charge in [0.25, 0.3) is 0 Å². The molecule has 0 radical (unpaired) electrons. The predicted molar refractivity (Wildman–Crippen MR) is 48.7 cm³/mol. The standard InChI is InChI=1S/C9H12F3NO2/c1-6(3-9(10,11)12)5-15-8(14)7(2)4-13/h4,6,13H,2-3,5H2,1H3. The van der Waals surface area contributed by atoms with E-state index in [9.17, 15) is 18.0 Å². The Balaban J connectivity index is 3.91. The fourth-order valence-corrected chi connectivity index (χ4v) is 0.824. The summed E-state index contributed by atoms with van der Waals surface area (Å²) in [5.74, 6) is -1.66. The first kappa shape index (κ1) is 13.7. The number of hydrogen-bond donors (Lipinski definition) is 1. The second-order valence-electron chi connectivity index (χ2n) is 3.19. The minimum absolute atomic E-state index is 0.186. The molecule has 0 saturated heterocycles. The lowest BCUT2D eigenvalue weighted by atomic mass is 10.1. The molecule has 6 heteroatoms. The van der Waals surface area contributed by atoms with E-state index in [1.165, 1.54) is 6.92 Å². The molecule has 0 aliphatic heterocycles. The lowest BCUT2D eigenvalue weighted by molar-refractivity contribution is -0.154. The molecule has 0 bridgehead atoms. The van der Waals surface area contributed by atoms with E-state index in [1.807, 2.05) is 0 Å². The highest BCUT2D eigenvalue weighted by molar-refractivity contribution is 6.07. The average Bonchev–Trinajstić information content (AvgIpc) is 2.10. The zero-order valence-electron chi connectivity index (χ0n) is 8.23. The van der Waals surface area contributed by atoms with Crippen LogP contribution in [0.1, 0.15) is 13.3 Å². The van der Waals surface area contributed by atoms with Gasteiger partial charge in [0.05, 0.1) is 12.2 Å². The highest BCUT2D eigenvalue weighted by Crippen LogP contribution is 2.24. The monoisotopic (exact) mass is 223 g/mol. The van der Waals surface area contributed by atoms with Crippen LogP contribution in [0.3, 0.4) is 0 Å². The van der Waals surface area contributed by atoms with Gasteiger partial charge in [-0.3, -0.25) is 0 Å². The Kier molecular flexibility index (Phi) is 5.04. The van der Waals surface area contributed by atoms with Gasteiger partial charge < -0.3 is 10.1 Å². The van der Waals surface area contributed by atoms with E-state index in [2.05, 4.69) is 11.3 Å². The van der Waals surface area contributed by atoms with Crippen molar-refractivity contribution >= 4 is 12.2 Å². The molecular weight excluding hydrogens is 211 g/mol. The molecule has 1 atom stereocenters. The smallest absolute Gasteiger partial charge is 0.389 e. The summed E-state index contributed by atoms with van der Waals surface area (Å²) in [4.78, 5) is 10.9. The molecule has 0 aliphatic carbocycles. The van der Waals surface area contributed by atoms with Crippen LogP contribution < -0.4 is 0 Å². The third kappa shape index (κ3) is 6.70. The minimum atomic E-state index is -4.26. The molecule has 0 aromatic heterocycles. The molecule has 0 saturated carbocycles. The maximum Gasteiger partial charge on any atom is 0.389 e. The molecule has 86 valence electrons. The highest BCUT2D eigenvalue weighted by atomic mass is 19.4. The van der Waals surface area contributed by atoms with Crippen LogP contribution in [0.15, 0.2) is 12.2 Å². The highest BCUT2D eigenvalue weighted by Gasteiger charge is 2.30. The topological polar surface area (TPSA) is 50.2 Å². The van der Waals surface area contributed by atoms with Gasteiger partial charge in [-0.1, -0.05) is 13.5 Å². The number of carbonyl (C=O) groups is 1. The van der Waals surface area contributed by atoms with Gasteiger partial charge in [-0.25, -0.2) is 4.79 Å². The van der Waals surface area contributed by atoms with Gasteiger partial charge >= 0.3 is 12.1 Å². The summed E-state index contributed by atoms with van der Waals surface area (Å²) in [6.07, 6.45) is -4.57. The average molecular weight is 223 g/mol. The van der Waals surface area contributed by atoms with Crippen LogP contribution in [0.5, 0.6) is 0 Å². The lowest BCUT2D eigenvalue weighted by Crippen LogP contribution is -2.19. The second-order valence-corrected chi connectivity index (χ2v) is 3.19. The van der Waals surface area contributed by atoms with Crippen molar-refractivity contribution < 1.29 is 22.7 Å². The number of ether oxygens (including phenoxy) is 1. The van der Waals surface area contributed by atoms with E-state index in [0.717, 1.165) is 0 Å². The van der Waals surface area contributed by atoms with Gasteiger partial charge in [0, 0.05) is 12.6 Å². The number of alkyl halides is 3. The minimum Gasteiger partial charge on any atom is -0.462 e. The van der Waals surface area contributed by atoms with Gasteiger partial charge in [0.15, 0.2) is 0 Å². The number of carbonyl (C=O) groups excluding carboxylic acids is 1. The summed E-state index contributed by atoms with van der Waals surface area (Å²) in [6.45, 7) is 4.18. The number of rotatable bonds is 5. The summed E-state index contributed by atoms with van der Waals surface area (Å²) >= 11 is 0. The van der Waals surface area contributed by atoms with Crippen LogP contribution >= 0.6 is 0 Å². The van der Waals surface area contributed by atoms with Gasteiger partial charge in [-0.15, -0.1) is 0 Å². The van der Waals surface area contributed by atoms with Crippen LogP contribution in [0.4, 0.5) is 13.2 Å². The van der Waals surface area contributed by atoms with Crippen LogP contribution in [0.2, 0.25) is 0 Å². The van der Waals surface area contributed by atoms with E-state index in [4.69, 9.17) is 5.41 Å². The summed E-state index contributed by atoms with van der Waals surface area (Å²) in [5.41, 5.74) is -0.186. The molecule has 1 N–H and O–H groups in total. The van der Waals surface area contributed by atoms with Gasteiger partial charge in [-0.2, -0.15) is 13.2 Å². The van der Waals surface area contributed by atoms with Gasteiger partial charge in [-0.05, 0) is 5.92 Å². The lowest BCUT2D eigenvalue weighted by Gasteiger charge is -2.13. The van der Waals surface area contributed by atoms with Crippen molar-refractivity contribution in [3.63, 3.8) is 0 Å². The van der Waals surface area contributed by atoms with Crippen LogP contribution in [0.25, 0.3) is 0 Å². The Morgan fingerprint density at radius 1 is 1.60 bits per heavy atom. The van der Waals surface area contributed by atoms with Crippen LogP contribution in [-0.4, -0.2) is 25.0 Å². The Labute approximate surface area is 85.4 Å². The summed E-state index contributed by atoms with van der Waals surface area (Å²) in [5, 5.41) is 6.66. The molecule has 0 spiro atoms. The molecule has 0 heterocycles. The van der Waals surface area contributed by atoms with Crippen LogP contribution in [0, 0.1) is 11.3 Å². The Morgan fingerprint density at radius 2 is 2.13 bits per heavy atom. The summed E-state index contributed by atoms with van der Waals surface area (Å²) < 4.78 is 40.1. The van der Waals surface area contributed by atoms with E-state index in [-0.39, 0.29) is 12.2 Å². The normalized spacial score (nSPS) is 13.1. The Hall–Kier alpha value is -1.33. The van der Waals surface area contributed by atoms with Crippen molar-refractivity contribution in [1.29, 1.82) is 5.41 Å². The SMILES string of the molecule is C=C(C=N)C(=O)OCC(C)CC(F)(F)F. The van der Waals surface area contributed by atoms with Crippen molar-refractivity contribution in [2.45, 2.75) is 19.5 Å². The molecule has 0 aromatic rings. The number of nitrogens with one attached hydrogen (secondary N) is 1. The zero-order chi connectivity index (χ0) is 12.1. The van der Waals surface area contributed by atoms with Crippen LogP contribution in [-0.2, 0) is 9.53 Å². The van der Waals surface area contributed by atoms with E-state index < -0.39 is 24.5 Å².